The van der Waals surface area contributed by atoms with Crippen molar-refractivity contribution in [2.45, 2.75) is 38.1 Å². The Morgan fingerprint density at radius 1 is 0.950 bits per heavy atom. The lowest BCUT2D eigenvalue weighted by molar-refractivity contribution is -0.166. The van der Waals surface area contributed by atoms with Crippen molar-refractivity contribution in [3.8, 4) is 11.5 Å². The highest BCUT2D eigenvalue weighted by molar-refractivity contribution is 6.01. The molecule has 1 N–H and O–H groups in total. The number of aromatic amines is 1. The van der Waals surface area contributed by atoms with Crippen molar-refractivity contribution in [2.75, 3.05) is 33.9 Å². The molecule has 0 aliphatic carbocycles. The van der Waals surface area contributed by atoms with Gasteiger partial charge in [-0.2, -0.15) is 0 Å². The molecule has 0 spiro atoms. The number of ether oxygens (including phenoxy) is 2. The zero-order valence-electron chi connectivity index (χ0n) is 23.5. The fraction of sp³-hybridized carbons (Fsp3) is 0.333. The summed E-state index contributed by atoms with van der Waals surface area (Å²) in [5, 5.41) is 1.10. The van der Waals surface area contributed by atoms with E-state index in [-0.39, 0.29) is 24.3 Å². The van der Waals surface area contributed by atoms with Gasteiger partial charge in [0.05, 0.1) is 26.5 Å². The molecule has 206 valence electrons. The summed E-state index contributed by atoms with van der Waals surface area (Å²) in [6, 6.07) is 22.6. The molecule has 4 aromatic rings. The van der Waals surface area contributed by atoms with Gasteiger partial charge in [0, 0.05) is 29.9 Å². The van der Waals surface area contributed by atoms with E-state index in [1.807, 2.05) is 43.3 Å². The van der Waals surface area contributed by atoms with E-state index >= 15 is 0 Å². The number of hydrogen-bond acceptors (Lipinski definition) is 4. The molecular weight excluding hydrogens is 502 g/mol. The molecule has 1 aromatic heterocycles. The van der Waals surface area contributed by atoms with Crippen molar-refractivity contribution < 1.29 is 19.1 Å². The molecule has 3 heterocycles. The number of para-hydroxylation sites is 1. The highest BCUT2D eigenvalue weighted by Gasteiger charge is 2.56. The molecule has 2 aliphatic rings. The first-order chi connectivity index (χ1) is 19.4. The lowest BCUT2D eigenvalue weighted by atomic mass is 9.76. The van der Waals surface area contributed by atoms with Gasteiger partial charge >= 0.3 is 0 Å². The van der Waals surface area contributed by atoms with Crippen LogP contribution in [0.4, 0.5) is 0 Å². The number of rotatable bonds is 7. The van der Waals surface area contributed by atoms with Gasteiger partial charge in [0.15, 0.2) is 17.0 Å². The van der Waals surface area contributed by atoms with Crippen LogP contribution in [0.25, 0.3) is 10.9 Å². The van der Waals surface area contributed by atoms with Gasteiger partial charge in [0.25, 0.3) is 5.91 Å². The van der Waals surface area contributed by atoms with E-state index < -0.39 is 5.54 Å². The first-order valence-corrected chi connectivity index (χ1v) is 13.9. The minimum atomic E-state index is -1.11. The molecule has 0 radical (unpaired) electrons. The third-order valence-electron chi connectivity index (χ3n) is 8.73. The van der Waals surface area contributed by atoms with Gasteiger partial charge < -0.3 is 24.3 Å². The second-order valence-corrected chi connectivity index (χ2v) is 10.8. The number of carbonyl (C=O) groups is 2. The highest BCUT2D eigenvalue weighted by atomic mass is 16.5. The quantitative estimate of drug-likeness (QED) is 0.359. The Morgan fingerprint density at radius 3 is 2.40 bits per heavy atom. The number of H-pyrrole nitrogens is 1. The third kappa shape index (κ3) is 4.03. The number of aryl methyl sites for hydroxylation is 1. The van der Waals surface area contributed by atoms with Gasteiger partial charge in [-0.3, -0.25) is 9.59 Å². The van der Waals surface area contributed by atoms with Crippen molar-refractivity contribution in [3.63, 3.8) is 0 Å². The van der Waals surface area contributed by atoms with Gasteiger partial charge in [-0.1, -0.05) is 55.5 Å². The molecule has 40 heavy (non-hydrogen) atoms. The zero-order valence-corrected chi connectivity index (χ0v) is 23.5. The Bertz CT molecular complexity index is 1590. The topological polar surface area (TPSA) is 74.9 Å². The molecule has 1 fully saturated rings. The van der Waals surface area contributed by atoms with Crippen LogP contribution >= 0.6 is 0 Å². The molecule has 6 rings (SSSR count). The number of benzene rings is 3. The fourth-order valence-electron chi connectivity index (χ4n) is 6.44. The van der Waals surface area contributed by atoms with Gasteiger partial charge in [-0.25, -0.2) is 0 Å². The number of piperazine rings is 1. The van der Waals surface area contributed by atoms with E-state index in [0.29, 0.717) is 31.0 Å². The van der Waals surface area contributed by atoms with Crippen LogP contribution in [-0.2, 0) is 28.0 Å². The minimum absolute atomic E-state index is 0.0276. The van der Waals surface area contributed by atoms with Gasteiger partial charge in [0.1, 0.15) is 0 Å². The molecule has 2 atom stereocenters. The van der Waals surface area contributed by atoms with Crippen molar-refractivity contribution in [3.05, 3.63) is 94.7 Å². The number of nitrogens with zero attached hydrogens (tertiary/aromatic N) is 2. The molecule has 7 heteroatoms. The van der Waals surface area contributed by atoms with E-state index in [1.54, 1.807) is 24.0 Å². The number of aromatic nitrogens is 1. The van der Waals surface area contributed by atoms with Crippen LogP contribution < -0.4 is 9.47 Å². The Balaban J connectivity index is 1.38. The van der Waals surface area contributed by atoms with E-state index in [2.05, 4.69) is 42.2 Å². The van der Waals surface area contributed by atoms with Crippen molar-refractivity contribution in [2.24, 2.45) is 0 Å². The zero-order chi connectivity index (χ0) is 28.0. The third-order valence-corrected chi connectivity index (χ3v) is 8.73. The van der Waals surface area contributed by atoms with E-state index in [0.717, 1.165) is 39.7 Å². The molecular formula is C33H35N3O4. The lowest BCUT2D eigenvalue weighted by Gasteiger charge is -2.51. The Kier molecular flexibility index (Phi) is 6.53. The molecule has 0 saturated carbocycles. The van der Waals surface area contributed by atoms with Crippen LogP contribution in [-0.4, -0.2) is 60.5 Å². The summed E-state index contributed by atoms with van der Waals surface area (Å²) in [6.07, 6.45) is 1.57. The van der Waals surface area contributed by atoms with Crippen LogP contribution in [0.5, 0.6) is 11.5 Å². The highest BCUT2D eigenvalue weighted by Crippen LogP contribution is 2.48. The molecule has 2 unspecified atom stereocenters. The van der Waals surface area contributed by atoms with Gasteiger partial charge in [0.2, 0.25) is 5.91 Å². The second kappa shape index (κ2) is 10.0. The van der Waals surface area contributed by atoms with Crippen LogP contribution in [0.15, 0.2) is 66.7 Å². The largest absolute Gasteiger partial charge is 0.493 e. The first-order valence-electron chi connectivity index (χ1n) is 13.9. The average molecular weight is 538 g/mol. The maximum atomic E-state index is 14.3. The Morgan fingerprint density at radius 2 is 1.68 bits per heavy atom. The summed E-state index contributed by atoms with van der Waals surface area (Å²) < 4.78 is 10.8. The van der Waals surface area contributed by atoms with Crippen molar-refractivity contribution in [1.82, 2.24) is 14.8 Å². The Hall–Kier alpha value is -4.26. The number of amides is 2. The second-order valence-electron chi connectivity index (χ2n) is 10.8. The van der Waals surface area contributed by atoms with E-state index in [1.165, 1.54) is 5.56 Å². The molecule has 3 aromatic carbocycles. The maximum Gasteiger partial charge on any atom is 0.254 e. The van der Waals surface area contributed by atoms with Crippen LogP contribution in [0.1, 0.15) is 47.7 Å². The summed E-state index contributed by atoms with van der Waals surface area (Å²) in [6.45, 7) is 5.01. The molecule has 0 bridgehead atoms. The first kappa shape index (κ1) is 26.0. The predicted octanol–water partition coefficient (Wildman–Crippen LogP) is 5.02. The lowest BCUT2D eigenvalue weighted by Crippen LogP contribution is -2.67. The molecule has 2 amide bonds. The number of hydrogen-bond donors (Lipinski definition) is 1. The van der Waals surface area contributed by atoms with Crippen LogP contribution in [0.2, 0.25) is 0 Å². The summed E-state index contributed by atoms with van der Waals surface area (Å²) in [5.74, 6) is 1.19. The smallest absolute Gasteiger partial charge is 0.254 e. The standard InChI is InChI=1S/C33H35N3O4/c1-5-21-10-13-23(14-11-21)25-19-36-29(37)20-35(17-16-22-12-15-27(39-3)28(18-22)40-4)32(38)33(36,2)31-30(25)24-8-6-7-9-26(24)34-31/h6-15,18,25,34H,5,16-17,19-20H2,1-4H3. The SMILES string of the molecule is CCc1ccc(C2CN3C(=O)CN(CCc4ccc(OC)c(OC)c4)C(=O)C3(C)c3[nH]c4ccccc4c32)cc1. The molecule has 1 saturated heterocycles. The average Bonchev–Trinajstić information content (AvgIpc) is 3.39. The fourth-order valence-corrected chi connectivity index (χ4v) is 6.44. The number of methoxy groups -OCH3 is 2. The minimum Gasteiger partial charge on any atom is -0.493 e. The molecule has 7 nitrogen and oxygen atoms in total. The van der Waals surface area contributed by atoms with Crippen molar-refractivity contribution in [1.29, 1.82) is 0 Å². The van der Waals surface area contributed by atoms with Crippen LogP contribution in [0, 0.1) is 0 Å². The van der Waals surface area contributed by atoms with Gasteiger partial charge in [-0.05, 0) is 60.2 Å². The summed E-state index contributed by atoms with van der Waals surface area (Å²) in [5.41, 5.74) is 5.24. The molecule has 2 aliphatic heterocycles. The number of fused-ring (bicyclic) bond motifs is 5. The van der Waals surface area contributed by atoms with Gasteiger partial charge in [-0.15, -0.1) is 0 Å². The monoisotopic (exact) mass is 537 g/mol. The van der Waals surface area contributed by atoms with E-state index in [4.69, 9.17) is 9.47 Å². The van der Waals surface area contributed by atoms with E-state index in [9.17, 15) is 9.59 Å². The number of nitrogens with one attached hydrogen (secondary N) is 1. The van der Waals surface area contributed by atoms with Crippen LogP contribution in [0.3, 0.4) is 0 Å². The predicted molar refractivity (Wildman–Crippen MR) is 155 cm³/mol. The summed E-state index contributed by atoms with van der Waals surface area (Å²) in [7, 11) is 3.21. The number of carbonyl (C=O) groups excluding carboxylic acids is 2. The maximum absolute atomic E-state index is 14.3. The normalized spacial score (nSPS) is 20.4. The summed E-state index contributed by atoms with van der Waals surface area (Å²) >= 11 is 0. The van der Waals surface area contributed by atoms with Crippen molar-refractivity contribution >= 4 is 22.7 Å². The summed E-state index contributed by atoms with van der Waals surface area (Å²) in [4.78, 5) is 35.2. The Labute approximate surface area is 234 Å².